The topological polar surface area (TPSA) is 77.5 Å². The molecule has 22 heavy (non-hydrogen) atoms. The van der Waals surface area contributed by atoms with Crippen LogP contribution in [0.5, 0.6) is 0 Å². The molecule has 1 N–H and O–H groups in total. The Morgan fingerprint density at radius 3 is 2.45 bits per heavy atom. The second-order valence-corrected chi connectivity index (χ2v) is 5.22. The van der Waals surface area contributed by atoms with Gasteiger partial charge in [0.1, 0.15) is 12.2 Å². The van der Waals surface area contributed by atoms with E-state index in [1.165, 1.54) is 4.90 Å². The molecule has 2 aliphatic rings. The van der Waals surface area contributed by atoms with Crippen LogP contribution in [0.15, 0.2) is 0 Å². The third kappa shape index (κ3) is 5.31. The van der Waals surface area contributed by atoms with Crippen molar-refractivity contribution in [3.05, 3.63) is 0 Å². The number of piperidine rings is 1. The lowest BCUT2D eigenvalue weighted by Crippen LogP contribution is -2.40. The van der Waals surface area contributed by atoms with Crippen molar-refractivity contribution in [3.8, 4) is 0 Å². The van der Waals surface area contributed by atoms with Crippen molar-refractivity contribution in [2.45, 2.75) is 37.8 Å². The molecule has 0 spiro atoms. The molecule has 7 nitrogen and oxygen atoms in total. The first kappa shape index (κ1) is 17.3. The Balaban J connectivity index is 1.57. The first-order valence-corrected chi connectivity index (χ1v) is 7.28. The van der Waals surface area contributed by atoms with E-state index in [9.17, 15) is 13.6 Å². The monoisotopic (exact) mass is 325 g/mol. The lowest BCUT2D eigenvalue weighted by atomic mass is 10.1. The predicted molar refractivity (Wildman–Crippen MR) is 70.0 cm³/mol. The van der Waals surface area contributed by atoms with Gasteiger partial charge in [-0.3, -0.25) is 0 Å². The fourth-order valence-corrected chi connectivity index (χ4v) is 2.56. The zero-order valence-electron chi connectivity index (χ0n) is 12.2. The number of hydrogen-bond acceptors (Lipinski definition) is 5. The molecule has 128 valence electrons. The fourth-order valence-electron chi connectivity index (χ4n) is 2.56. The number of nitrogens with zero attached hydrogens (tertiary/aromatic N) is 1. The van der Waals surface area contributed by atoms with Crippen molar-refractivity contribution in [3.63, 3.8) is 0 Å². The normalized spacial score (nSPS) is 26.8. The van der Waals surface area contributed by atoms with Crippen molar-refractivity contribution < 1.29 is 37.6 Å². The van der Waals surface area contributed by atoms with Crippen LogP contribution in [0.3, 0.4) is 0 Å². The molecule has 0 saturated carbocycles. The number of carbonyl (C=O) groups is 1. The maximum Gasteiger partial charge on any atom is 0.407 e. The van der Waals surface area contributed by atoms with Gasteiger partial charge < -0.3 is 29.0 Å². The van der Waals surface area contributed by atoms with Crippen LogP contribution in [0.1, 0.15) is 12.8 Å². The highest BCUT2D eigenvalue weighted by molar-refractivity contribution is 5.64. The highest BCUT2D eigenvalue weighted by Crippen LogP contribution is 2.17. The maximum atomic E-state index is 12.2. The number of carboxylic acid groups (broad SMARTS) is 1. The summed E-state index contributed by atoms with van der Waals surface area (Å²) < 4.78 is 44.9. The Labute approximate surface area is 127 Å². The molecule has 0 radical (unpaired) electrons. The highest BCUT2D eigenvalue weighted by atomic mass is 19.3. The van der Waals surface area contributed by atoms with Crippen molar-refractivity contribution in [1.82, 2.24) is 4.90 Å². The Morgan fingerprint density at radius 2 is 1.82 bits per heavy atom. The molecule has 2 rings (SSSR count). The average Bonchev–Trinajstić information content (AvgIpc) is 2.90. The van der Waals surface area contributed by atoms with Crippen molar-refractivity contribution in [2.75, 3.05) is 39.5 Å². The molecule has 0 aromatic heterocycles. The third-order valence-electron chi connectivity index (χ3n) is 3.74. The standard InChI is InChI=1S/C13H21F2NO6/c14-12(15)22-11-8-19-7-10(11)21-6-5-20-9-1-3-16(4-2-9)13(17)18/h9-12H,1-8H2,(H,17,18). The molecule has 2 aliphatic heterocycles. The maximum absolute atomic E-state index is 12.2. The summed E-state index contributed by atoms with van der Waals surface area (Å²) in [6.45, 7) is -0.999. The molecule has 0 aromatic rings. The second kappa shape index (κ2) is 8.56. The van der Waals surface area contributed by atoms with E-state index >= 15 is 0 Å². The molecule has 2 heterocycles. The zero-order chi connectivity index (χ0) is 15.9. The second-order valence-electron chi connectivity index (χ2n) is 5.22. The highest BCUT2D eigenvalue weighted by Gasteiger charge is 2.32. The predicted octanol–water partition coefficient (Wildman–Crippen LogP) is 1.17. The Morgan fingerprint density at radius 1 is 1.18 bits per heavy atom. The number of ether oxygens (including phenoxy) is 4. The van der Waals surface area contributed by atoms with Gasteiger partial charge in [-0.05, 0) is 12.8 Å². The van der Waals surface area contributed by atoms with E-state index in [4.69, 9.17) is 19.3 Å². The molecule has 2 atom stereocenters. The molecular formula is C13H21F2NO6. The van der Waals surface area contributed by atoms with Gasteiger partial charge in [0.2, 0.25) is 0 Å². The summed E-state index contributed by atoms with van der Waals surface area (Å²) in [5.74, 6) is 0. The number of hydrogen-bond donors (Lipinski definition) is 1. The number of alkyl halides is 2. The minimum Gasteiger partial charge on any atom is -0.465 e. The number of amides is 1. The van der Waals surface area contributed by atoms with Crippen molar-refractivity contribution in [2.24, 2.45) is 0 Å². The summed E-state index contributed by atoms with van der Waals surface area (Å²) in [6, 6.07) is 0. The van der Waals surface area contributed by atoms with E-state index in [-0.39, 0.29) is 25.9 Å². The molecule has 0 aliphatic carbocycles. The Kier molecular flexibility index (Phi) is 6.74. The lowest BCUT2D eigenvalue weighted by molar-refractivity contribution is -0.185. The van der Waals surface area contributed by atoms with Gasteiger partial charge in [0.15, 0.2) is 0 Å². The van der Waals surface area contributed by atoms with E-state index in [1.54, 1.807) is 0 Å². The smallest absolute Gasteiger partial charge is 0.407 e. The summed E-state index contributed by atoms with van der Waals surface area (Å²) in [5, 5.41) is 8.84. The van der Waals surface area contributed by atoms with Gasteiger partial charge in [-0.25, -0.2) is 4.79 Å². The number of likely N-dealkylation sites (tertiary alicyclic amines) is 1. The van der Waals surface area contributed by atoms with Gasteiger partial charge in [0.25, 0.3) is 0 Å². The van der Waals surface area contributed by atoms with Crippen LogP contribution in [0.2, 0.25) is 0 Å². The van der Waals surface area contributed by atoms with Crippen LogP contribution in [0, 0.1) is 0 Å². The quantitative estimate of drug-likeness (QED) is 0.708. The molecule has 0 aromatic carbocycles. The van der Waals surface area contributed by atoms with Crippen LogP contribution in [-0.2, 0) is 18.9 Å². The van der Waals surface area contributed by atoms with Crippen molar-refractivity contribution in [1.29, 1.82) is 0 Å². The van der Waals surface area contributed by atoms with E-state index in [2.05, 4.69) is 4.74 Å². The Hall–Kier alpha value is -1.03. The minimum absolute atomic E-state index is 0.00661. The fraction of sp³-hybridized carbons (Fsp3) is 0.923. The summed E-state index contributed by atoms with van der Waals surface area (Å²) in [5.41, 5.74) is 0. The lowest BCUT2D eigenvalue weighted by Gasteiger charge is -2.30. The van der Waals surface area contributed by atoms with Gasteiger partial charge in [-0.2, -0.15) is 8.78 Å². The summed E-state index contributed by atoms with van der Waals surface area (Å²) in [7, 11) is 0. The summed E-state index contributed by atoms with van der Waals surface area (Å²) in [4.78, 5) is 12.1. The van der Waals surface area contributed by atoms with Crippen LogP contribution in [0.25, 0.3) is 0 Å². The van der Waals surface area contributed by atoms with Crippen LogP contribution < -0.4 is 0 Å². The zero-order valence-corrected chi connectivity index (χ0v) is 12.2. The molecular weight excluding hydrogens is 304 g/mol. The van der Waals surface area contributed by atoms with Crippen LogP contribution in [0.4, 0.5) is 13.6 Å². The molecule has 1 amide bonds. The molecule has 2 saturated heterocycles. The first-order valence-electron chi connectivity index (χ1n) is 7.28. The van der Waals surface area contributed by atoms with Gasteiger partial charge in [-0.1, -0.05) is 0 Å². The van der Waals surface area contributed by atoms with Gasteiger partial charge in [-0.15, -0.1) is 0 Å². The van der Waals surface area contributed by atoms with E-state index < -0.39 is 24.9 Å². The van der Waals surface area contributed by atoms with Crippen LogP contribution >= 0.6 is 0 Å². The number of halogens is 2. The molecule has 0 bridgehead atoms. The van der Waals surface area contributed by atoms with E-state index in [0.717, 1.165) is 0 Å². The van der Waals surface area contributed by atoms with E-state index in [1.807, 2.05) is 0 Å². The average molecular weight is 325 g/mol. The first-order chi connectivity index (χ1) is 10.6. The minimum atomic E-state index is -2.84. The summed E-state index contributed by atoms with van der Waals surface area (Å²) in [6.07, 6.45) is -0.864. The van der Waals surface area contributed by atoms with Gasteiger partial charge in [0.05, 0.1) is 32.5 Å². The van der Waals surface area contributed by atoms with Crippen molar-refractivity contribution >= 4 is 6.09 Å². The third-order valence-corrected chi connectivity index (χ3v) is 3.74. The summed E-state index contributed by atoms with van der Waals surface area (Å²) >= 11 is 0. The van der Waals surface area contributed by atoms with Gasteiger partial charge >= 0.3 is 12.7 Å². The molecule has 2 fully saturated rings. The van der Waals surface area contributed by atoms with Gasteiger partial charge in [0, 0.05) is 13.1 Å². The number of rotatable bonds is 7. The van der Waals surface area contributed by atoms with Crippen LogP contribution in [-0.4, -0.2) is 80.5 Å². The SMILES string of the molecule is O=C(O)N1CCC(OCCOC2COCC2OC(F)F)CC1. The molecule has 9 heteroatoms. The molecule has 2 unspecified atom stereocenters. The largest absolute Gasteiger partial charge is 0.465 e. The Bertz CT molecular complexity index is 351. The van der Waals surface area contributed by atoms with E-state index in [0.29, 0.717) is 32.5 Å².